The van der Waals surface area contributed by atoms with Crippen LogP contribution in [0.25, 0.3) is 88.7 Å². The Bertz CT molecular complexity index is 2720. The maximum atomic E-state index is 5.91. The van der Waals surface area contributed by atoms with Crippen LogP contribution in [0.2, 0.25) is 0 Å². The molecule has 0 atom stereocenters. The first kappa shape index (κ1) is 30.4. The summed E-state index contributed by atoms with van der Waals surface area (Å²) in [4.78, 5) is 0. The van der Waals surface area contributed by atoms with Crippen LogP contribution >= 0.6 is 0 Å². The van der Waals surface area contributed by atoms with Gasteiger partial charge in [-0.15, -0.1) is 0 Å². The average Bonchev–Trinajstić information content (AvgIpc) is 3.47. The molecule has 0 saturated carbocycles. The molecule has 51 heavy (non-hydrogen) atoms. The highest BCUT2D eigenvalue weighted by molar-refractivity contribution is 6.22. The average molecular weight is 653 g/mol. The molecule has 0 radical (unpaired) electrons. The van der Waals surface area contributed by atoms with Crippen molar-refractivity contribution in [1.29, 1.82) is 0 Å². The molecule has 8 aromatic carbocycles. The van der Waals surface area contributed by atoms with Crippen molar-refractivity contribution in [2.75, 3.05) is 0 Å². The Labute approximate surface area is 298 Å². The van der Waals surface area contributed by atoms with Crippen LogP contribution in [0.3, 0.4) is 0 Å². The number of para-hydroxylation sites is 1. The maximum Gasteiger partial charge on any atom is 0.0538 e. The van der Waals surface area contributed by atoms with E-state index < -0.39 is 0 Å². The van der Waals surface area contributed by atoms with Crippen LogP contribution in [-0.2, 0) is 0 Å². The van der Waals surface area contributed by atoms with Crippen molar-refractivity contribution in [2.45, 2.75) is 6.92 Å². The van der Waals surface area contributed by atoms with Gasteiger partial charge in [0.1, 0.15) is 0 Å². The number of aryl methyl sites for hydroxylation is 1. The lowest BCUT2D eigenvalue weighted by molar-refractivity contribution is 1.10. The fourth-order valence-electron chi connectivity index (χ4n) is 7.84. The van der Waals surface area contributed by atoms with E-state index in [9.17, 15) is 0 Å². The van der Waals surface area contributed by atoms with E-state index in [4.69, 9.17) is 5.73 Å². The van der Waals surface area contributed by atoms with E-state index in [1.54, 1.807) is 6.20 Å². The molecule has 0 saturated heterocycles. The third-order valence-corrected chi connectivity index (χ3v) is 10.2. The van der Waals surface area contributed by atoms with Gasteiger partial charge in [0.15, 0.2) is 0 Å². The van der Waals surface area contributed by atoms with Gasteiger partial charge < -0.3 is 10.3 Å². The quantitative estimate of drug-likeness (QED) is 0.178. The van der Waals surface area contributed by atoms with Crippen molar-refractivity contribution in [3.8, 4) is 50.2 Å². The Morgan fingerprint density at radius 3 is 1.43 bits per heavy atom. The molecule has 242 valence electrons. The minimum atomic E-state index is 1.10. The van der Waals surface area contributed by atoms with Gasteiger partial charge in [0, 0.05) is 11.1 Å². The lowest BCUT2D eigenvalue weighted by Gasteiger charge is -2.18. The first-order valence-corrected chi connectivity index (χ1v) is 17.5. The first-order valence-electron chi connectivity index (χ1n) is 17.5. The maximum absolute atomic E-state index is 5.91. The van der Waals surface area contributed by atoms with Crippen molar-refractivity contribution < 1.29 is 0 Å². The molecule has 0 aliphatic rings. The van der Waals surface area contributed by atoms with Crippen molar-refractivity contribution in [3.63, 3.8) is 0 Å². The Balaban J connectivity index is 1.17. The number of fused-ring (bicyclic) bond motifs is 3. The van der Waals surface area contributed by atoms with E-state index >= 15 is 0 Å². The molecule has 1 heterocycles. The zero-order valence-corrected chi connectivity index (χ0v) is 28.4. The van der Waals surface area contributed by atoms with E-state index in [0.717, 1.165) is 11.4 Å². The molecular weight excluding hydrogens is 617 g/mol. The van der Waals surface area contributed by atoms with Crippen molar-refractivity contribution >= 4 is 38.5 Å². The van der Waals surface area contributed by atoms with Crippen LogP contribution in [-0.4, -0.2) is 4.57 Å². The van der Waals surface area contributed by atoms with E-state index in [0.29, 0.717) is 0 Å². The highest BCUT2D eigenvalue weighted by Crippen LogP contribution is 2.45. The summed E-state index contributed by atoms with van der Waals surface area (Å²) < 4.78 is 2.29. The van der Waals surface area contributed by atoms with Crippen LogP contribution in [0.4, 0.5) is 0 Å². The topological polar surface area (TPSA) is 30.9 Å². The molecular formula is C49H36N2. The van der Waals surface area contributed by atoms with Crippen LogP contribution < -0.4 is 5.73 Å². The van der Waals surface area contributed by atoms with Gasteiger partial charge in [-0.05, 0) is 121 Å². The highest BCUT2D eigenvalue weighted by Gasteiger charge is 2.18. The summed E-state index contributed by atoms with van der Waals surface area (Å²) >= 11 is 0. The Morgan fingerprint density at radius 2 is 0.863 bits per heavy atom. The van der Waals surface area contributed by atoms with Crippen LogP contribution in [0, 0.1) is 6.92 Å². The van der Waals surface area contributed by atoms with E-state index in [1.165, 1.54) is 82.5 Å². The zero-order chi connectivity index (χ0) is 34.3. The Hall–Kier alpha value is -6.64. The van der Waals surface area contributed by atoms with E-state index in [1.807, 2.05) is 12.1 Å². The summed E-state index contributed by atoms with van der Waals surface area (Å²) in [7, 11) is 0. The molecule has 0 fully saturated rings. The lowest BCUT2D eigenvalue weighted by Crippen LogP contribution is -1.97. The molecule has 9 rings (SSSR count). The number of hydrogen-bond donors (Lipinski definition) is 1. The number of nitrogens with two attached hydrogens (primary N) is 1. The molecule has 0 amide bonds. The van der Waals surface area contributed by atoms with E-state index in [2.05, 4.69) is 181 Å². The number of nitrogens with zero attached hydrogens (tertiary/aromatic N) is 1. The third-order valence-electron chi connectivity index (χ3n) is 10.2. The van der Waals surface area contributed by atoms with Crippen LogP contribution in [0.1, 0.15) is 11.3 Å². The van der Waals surface area contributed by atoms with E-state index in [-0.39, 0.29) is 0 Å². The van der Waals surface area contributed by atoms with Crippen molar-refractivity contribution in [3.05, 3.63) is 193 Å². The fourth-order valence-corrected chi connectivity index (χ4v) is 7.84. The summed E-state index contributed by atoms with van der Waals surface area (Å²) in [5.41, 5.74) is 20.3. The standard InChI is InChI=1S/C49H36N2/c1-33-44-31-39(26-28-47(44)51(46(33)29-30-50)40-17-9-4-10-18-40)35-23-21-34(22-24-35)38-25-27-43-45(32-38)49(37-15-7-3-8-16-37)42-20-12-11-19-41(42)48(43)36-13-5-2-6-14-36/h2-32H,50H2,1H3/b30-29-. The molecule has 2 N–H and O–H groups in total. The monoisotopic (exact) mass is 652 g/mol. The molecule has 2 nitrogen and oxygen atoms in total. The summed E-state index contributed by atoms with van der Waals surface area (Å²) in [6.07, 6.45) is 3.62. The molecule has 0 aliphatic heterocycles. The minimum Gasteiger partial charge on any atom is -0.405 e. The second kappa shape index (κ2) is 12.7. The van der Waals surface area contributed by atoms with Crippen LogP contribution in [0.5, 0.6) is 0 Å². The van der Waals surface area contributed by atoms with Gasteiger partial charge >= 0.3 is 0 Å². The second-order valence-corrected chi connectivity index (χ2v) is 13.1. The minimum absolute atomic E-state index is 1.10. The number of benzene rings is 8. The lowest BCUT2D eigenvalue weighted by atomic mass is 9.85. The molecule has 9 aromatic rings. The predicted octanol–water partition coefficient (Wildman–Crippen LogP) is 12.8. The largest absolute Gasteiger partial charge is 0.405 e. The summed E-state index contributed by atoms with van der Waals surface area (Å²) in [6, 6.07) is 63.7. The SMILES string of the molecule is Cc1c(/C=C\N)n(-c2ccccc2)c2ccc(-c3ccc(-c4ccc5c(-c6ccccc6)c6ccccc6c(-c6ccccc6)c5c4)cc3)cc12. The summed E-state index contributed by atoms with van der Waals surface area (Å²) in [6.45, 7) is 2.18. The zero-order valence-electron chi connectivity index (χ0n) is 28.4. The molecule has 0 aliphatic carbocycles. The van der Waals surface area contributed by atoms with Gasteiger partial charge in [0.25, 0.3) is 0 Å². The summed E-state index contributed by atoms with van der Waals surface area (Å²) in [5, 5.41) is 6.27. The smallest absolute Gasteiger partial charge is 0.0538 e. The Kier molecular flexibility index (Phi) is 7.56. The molecule has 1 aromatic heterocycles. The summed E-state index contributed by atoms with van der Waals surface area (Å²) in [5.74, 6) is 0. The van der Waals surface area contributed by atoms with Crippen molar-refractivity contribution in [2.24, 2.45) is 5.73 Å². The number of hydrogen-bond acceptors (Lipinski definition) is 1. The second-order valence-electron chi connectivity index (χ2n) is 13.1. The van der Waals surface area contributed by atoms with Crippen LogP contribution in [0.15, 0.2) is 182 Å². The molecule has 2 heteroatoms. The normalized spacial score (nSPS) is 11.6. The predicted molar refractivity (Wildman–Crippen MR) is 218 cm³/mol. The van der Waals surface area contributed by atoms with Gasteiger partial charge in [-0.25, -0.2) is 0 Å². The molecule has 0 unspecified atom stereocenters. The van der Waals surface area contributed by atoms with Gasteiger partial charge in [-0.1, -0.05) is 146 Å². The van der Waals surface area contributed by atoms with Gasteiger partial charge in [-0.2, -0.15) is 0 Å². The first-order chi connectivity index (χ1) is 25.2. The Morgan fingerprint density at radius 1 is 0.412 bits per heavy atom. The molecule has 0 bridgehead atoms. The fraction of sp³-hybridized carbons (Fsp3) is 0.0204. The van der Waals surface area contributed by atoms with Gasteiger partial charge in [0.2, 0.25) is 0 Å². The van der Waals surface area contributed by atoms with Gasteiger partial charge in [-0.3, -0.25) is 0 Å². The number of rotatable bonds is 6. The van der Waals surface area contributed by atoms with Crippen molar-refractivity contribution in [1.82, 2.24) is 4.57 Å². The highest BCUT2D eigenvalue weighted by atomic mass is 15.0. The van der Waals surface area contributed by atoms with Gasteiger partial charge in [0.05, 0.1) is 11.2 Å². The third kappa shape index (κ3) is 5.21. The number of aromatic nitrogens is 1. The molecule has 0 spiro atoms.